The highest BCUT2D eigenvalue weighted by Crippen LogP contribution is 2.24. The number of anilines is 1. The molecule has 1 atom stereocenters. The number of hydrogen-bond acceptors (Lipinski definition) is 4. The molecule has 3 aromatic rings. The third kappa shape index (κ3) is 3.71. The van der Waals surface area contributed by atoms with Gasteiger partial charge in [-0.2, -0.15) is 0 Å². The number of nitrogens with one attached hydrogen (secondary N) is 1. The van der Waals surface area contributed by atoms with Crippen LogP contribution >= 0.6 is 11.3 Å². The zero-order valence-electron chi connectivity index (χ0n) is 13.0. The zero-order chi connectivity index (χ0) is 18.0. The molecule has 2 heterocycles. The van der Waals surface area contributed by atoms with Crippen molar-refractivity contribution in [1.29, 1.82) is 0 Å². The summed E-state index contributed by atoms with van der Waals surface area (Å²) in [5, 5.41) is 3.01. The Labute approximate surface area is 145 Å². The second-order valence-electron chi connectivity index (χ2n) is 5.32. The Morgan fingerprint density at radius 3 is 2.84 bits per heavy atom. The number of aromatic nitrogens is 3. The van der Waals surface area contributed by atoms with Crippen LogP contribution in [0.3, 0.4) is 0 Å². The van der Waals surface area contributed by atoms with Crippen molar-refractivity contribution in [1.82, 2.24) is 14.5 Å². The Morgan fingerprint density at radius 1 is 1.32 bits per heavy atom. The van der Waals surface area contributed by atoms with E-state index in [-0.39, 0.29) is 17.9 Å². The molecule has 0 saturated heterocycles. The van der Waals surface area contributed by atoms with Gasteiger partial charge in [0.25, 0.3) is 0 Å². The van der Waals surface area contributed by atoms with Crippen molar-refractivity contribution in [3.63, 3.8) is 0 Å². The van der Waals surface area contributed by atoms with E-state index in [0.717, 1.165) is 17.4 Å². The quantitative estimate of drug-likeness (QED) is 0.703. The summed E-state index contributed by atoms with van der Waals surface area (Å²) in [7, 11) is 0. The summed E-state index contributed by atoms with van der Waals surface area (Å²) in [6.45, 7) is 1.71. The lowest BCUT2D eigenvalue weighted by atomic mass is 10.1. The van der Waals surface area contributed by atoms with Gasteiger partial charge in [0, 0.05) is 29.9 Å². The summed E-state index contributed by atoms with van der Waals surface area (Å²) >= 11 is 1.14. The van der Waals surface area contributed by atoms with E-state index in [1.54, 1.807) is 23.9 Å². The molecule has 0 radical (unpaired) electrons. The maximum Gasteiger partial charge on any atom is 0.248 e. The van der Waals surface area contributed by atoms with E-state index >= 15 is 0 Å². The molecule has 0 aliphatic rings. The highest BCUT2D eigenvalue weighted by atomic mass is 32.1. The highest BCUT2D eigenvalue weighted by molar-refractivity contribution is 7.15. The summed E-state index contributed by atoms with van der Waals surface area (Å²) in [5.74, 6) is -4.22. The summed E-state index contributed by atoms with van der Waals surface area (Å²) in [4.78, 5) is 20.7. The molecule has 25 heavy (non-hydrogen) atoms. The SMILES string of the molecule is C[C@@H](C(=O)Nc1ncc(Cc2ccc(F)c(F)c2F)s1)n1ccnc1. The summed E-state index contributed by atoms with van der Waals surface area (Å²) in [6.07, 6.45) is 6.28. The number of halogens is 3. The van der Waals surface area contributed by atoms with Crippen LogP contribution < -0.4 is 5.32 Å². The lowest BCUT2D eigenvalue weighted by Crippen LogP contribution is -2.22. The van der Waals surface area contributed by atoms with Crippen molar-refractivity contribution < 1.29 is 18.0 Å². The van der Waals surface area contributed by atoms with Crippen LogP contribution in [0.5, 0.6) is 0 Å². The third-order valence-corrected chi connectivity index (χ3v) is 4.53. The molecular weight excluding hydrogens is 353 g/mol. The van der Waals surface area contributed by atoms with Crippen LogP contribution in [0.2, 0.25) is 0 Å². The van der Waals surface area contributed by atoms with E-state index in [2.05, 4.69) is 15.3 Å². The fourth-order valence-corrected chi connectivity index (χ4v) is 3.02. The van der Waals surface area contributed by atoms with E-state index in [1.165, 1.54) is 18.6 Å². The number of rotatable bonds is 5. The van der Waals surface area contributed by atoms with Crippen LogP contribution in [0.1, 0.15) is 23.4 Å². The number of thiazole rings is 1. The average Bonchev–Trinajstić information content (AvgIpc) is 3.27. The average molecular weight is 366 g/mol. The molecule has 0 fully saturated rings. The fraction of sp³-hybridized carbons (Fsp3) is 0.188. The van der Waals surface area contributed by atoms with E-state index in [0.29, 0.717) is 10.0 Å². The van der Waals surface area contributed by atoms with Gasteiger partial charge >= 0.3 is 0 Å². The van der Waals surface area contributed by atoms with Crippen LogP contribution in [0.25, 0.3) is 0 Å². The molecule has 0 aliphatic heterocycles. The molecular formula is C16H13F3N4OS. The first kappa shape index (κ1) is 17.2. The molecule has 3 rings (SSSR count). The Kier molecular flexibility index (Phi) is 4.84. The van der Waals surface area contributed by atoms with Gasteiger partial charge in [0.1, 0.15) is 6.04 Å². The van der Waals surface area contributed by atoms with Crippen LogP contribution in [-0.2, 0) is 11.2 Å². The van der Waals surface area contributed by atoms with Crippen LogP contribution in [0.4, 0.5) is 18.3 Å². The van der Waals surface area contributed by atoms with Gasteiger partial charge in [-0.1, -0.05) is 6.07 Å². The van der Waals surface area contributed by atoms with Crippen molar-refractivity contribution in [2.24, 2.45) is 0 Å². The first-order valence-electron chi connectivity index (χ1n) is 7.31. The van der Waals surface area contributed by atoms with Crippen molar-refractivity contribution in [3.8, 4) is 0 Å². The molecule has 130 valence electrons. The maximum atomic E-state index is 13.7. The van der Waals surface area contributed by atoms with Crippen LogP contribution in [-0.4, -0.2) is 20.4 Å². The van der Waals surface area contributed by atoms with Crippen LogP contribution in [0.15, 0.2) is 37.1 Å². The fourth-order valence-electron chi connectivity index (χ4n) is 2.18. The molecule has 0 unspecified atom stereocenters. The number of amides is 1. The summed E-state index contributed by atoms with van der Waals surface area (Å²) in [5.41, 5.74) is 0.0206. The molecule has 9 heteroatoms. The van der Waals surface area contributed by atoms with Gasteiger partial charge in [0.2, 0.25) is 5.91 Å². The second kappa shape index (κ2) is 7.06. The molecule has 1 amide bonds. The Balaban J connectivity index is 1.69. The van der Waals surface area contributed by atoms with Gasteiger partial charge in [-0.15, -0.1) is 11.3 Å². The molecule has 1 aromatic carbocycles. The van der Waals surface area contributed by atoms with Gasteiger partial charge in [-0.3, -0.25) is 4.79 Å². The number of imidazole rings is 1. The molecule has 0 saturated carbocycles. The Hall–Kier alpha value is -2.68. The van der Waals surface area contributed by atoms with Gasteiger partial charge in [-0.25, -0.2) is 23.1 Å². The predicted molar refractivity (Wildman–Crippen MR) is 86.8 cm³/mol. The highest BCUT2D eigenvalue weighted by Gasteiger charge is 2.17. The molecule has 0 spiro atoms. The Morgan fingerprint density at radius 2 is 2.12 bits per heavy atom. The Bertz CT molecular complexity index is 895. The normalized spacial score (nSPS) is 12.2. The van der Waals surface area contributed by atoms with Crippen molar-refractivity contribution in [2.45, 2.75) is 19.4 Å². The molecule has 1 N–H and O–H groups in total. The molecule has 0 bridgehead atoms. The van der Waals surface area contributed by atoms with E-state index in [9.17, 15) is 18.0 Å². The number of nitrogens with zero attached hydrogens (tertiary/aromatic N) is 3. The number of carbonyl (C=O) groups excluding carboxylic acids is 1. The number of carbonyl (C=O) groups is 1. The predicted octanol–water partition coefficient (Wildman–Crippen LogP) is 3.55. The first-order valence-corrected chi connectivity index (χ1v) is 8.12. The van der Waals surface area contributed by atoms with Gasteiger partial charge < -0.3 is 9.88 Å². The summed E-state index contributed by atoms with van der Waals surface area (Å²) < 4.78 is 41.6. The molecule has 2 aromatic heterocycles. The van der Waals surface area contributed by atoms with Crippen molar-refractivity contribution in [3.05, 3.63) is 64.9 Å². The minimum absolute atomic E-state index is 0.0206. The van der Waals surface area contributed by atoms with E-state index in [1.807, 2.05) is 0 Å². The summed E-state index contributed by atoms with van der Waals surface area (Å²) in [6, 6.07) is 1.59. The smallest absolute Gasteiger partial charge is 0.248 e. The van der Waals surface area contributed by atoms with E-state index < -0.39 is 23.5 Å². The maximum absolute atomic E-state index is 13.7. The van der Waals surface area contributed by atoms with Gasteiger partial charge in [0.05, 0.1) is 6.33 Å². The van der Waals surface area contributed by atoms with Gasteiger partial charge in [0.15, 0.2) is 22.6 Å². The van der Waals surface area contributed by atoms with Crippen molar-refractivity contribution in [2.75, 3.05) is 5.32 Å². The second-order valence-corrected chi connectivity index (χ2v) is 6.43. The number of benzene rings is 1. The topological polar surface area (TPSA) is 59.8 Å². The zero-order valence-corrected chi connectivity index (χ0v) is 13.9. The third-order valence-electron chi connectivity index (χ3n) is 3.62. The van der Waals surface area contributed by atoms with Gasteiger partial charge in [-0.05, 0) is 18.6 Å². The molecule has 5 nitrogen and oxygen atoms in total. The van der Waals surface area contributed by atoms with Crippen molar-refractivity contribution >= 4 is 22.4 Å². The van der Waals surface area contributed by atoms with E-state index in [4.69, 9.17) is 0 Å². The molecule has 0 aliphatic carbocycles. The minimum Gasteiger partial charge on any atom is -0.325 e. The largest absolute Gasteiger partial charge is 0.325 e. The lowest BCUT2D eigenvalue weighted by Gasteiger charge is -2.11. The van der Waals surface area contributed by atoms with Crippen LogP contribution in [0, 0.1) is 17.5 Å². The monoisotopic (exact) mass is 366 g/mol. The minimum atomic E-state index is -1.50. The lowest BCUT2D eigenvalue weighted by molar-refractivity contribution is -0.118. The first-order chi connectivity index (χ1) is 12.0. The number of hydrogen-bond donors (Lipinski definition) is 1. The standard InChI is InChI=1S/C16H13F3N4OS/c1-9(23-5-4-20-8-23)15(24)22-16-21-7-11(25-16)6-10-2-3-12(17)14(19)13(10)18/h2-5,7-9H,6H2,1H3,(H,21,22,24)/t9-/m0/s1.